The van der Waals surface area contributed by atoms with E-state index in [-0.39, 0.29) is 41.5 Å². The van der Waals surface area contributed by atoms with E-state index in [2.05, 4.69) is 4.98 Å². The number of aromatic nitrogens is 1. The maximum Gasteiger partial charge on any atom is 0.434 e. The lowest BCUT2D eigenvalue weighted by Gasteiger charge is -2.14. The maximum absolute atomic E-state index is 13.1. The molecular formula is C21H21F3N2O4. The molecule has 2 aromatic rings. The van der Waals surface area contributed by atoms with Crippen molar-refractivity contribution in [2.24, 2.45) is 5.73 Å². The second-order valence-corrected chi connectivity index (χ2v) is 7.20. The molecule has 0 spiro atoms. The minimum absolute atomic E-state index is 0.141. The molecule has 3 N–H and O–H groups in total. The van der Waals surface area contributed by atoms with E-state index >= 15 is 0 Å². The molecule has 9 heteroatoms. The number of rotatable bonds is 1. The molecule has 0 unspecified atom stereocenters. The van der Waals surface area contributed by atoms with Crippen molar-refractivity contribution < 1.29 is 32.5 Å². The van der Waals surface area contributed by atoms with Crippen molar-refractivity contribution in [1.82, 2.24) is 4.98 Å². The molecule has 30 heavy (non-hydrogen) atoms. The smallest absolute Gasteiger partial charge is 0.434 e. The van der Waals surface area contributed by atoms with Crippen LogP contribution in [0.3, 0.4) is 0 Å². The van der Waals surface area contributed by atoms with E-state index < -0.39 is 17.8 Å². The zero-order valence-corrected chi connectivity index (χ0v) is 16.9. The fraction of sp³-hybridized carbons (Fsp3) is 0.333. The molecule has 160 valence electrons. The number of benzene rings is 1. The number of nitrogens with two attached hydrogens (primary N) is 1. The normalized spacial score (nSPS) is 14.4. The Labute approximate surface area is 171 Å². The van der Waals surface area contributed by atoms with Crippen molar-refractivity contribution in [3.63, 3.8) is 0 Å². The molecule has 2 heterocycles. The van der Waals surface area contributed by atoms with Gasteiger partial charge in [-0.2, -0.15) is 13.2 Å². The lowest BCUT2D eigenvalue weighted by molar-refractivity contribution is -0.141. The highest BCUT2D eigenvalue weighted by Crippen LogP contribution is 2.48. The van der Waals surface area contributed by atoms with Gasteiger partial charge in [-0.05, 0) is 56.9 Å². The van der Waals surface area contributed by atoms with Crippen molar-refractivity contribution in [3.8, 4) is 17.4 Å². The summed E-state index contributed by atoms with van der Waals surface area (Å²) < 4.78 is 49.5. The van der Waals surface area contributed by atoms with Crippen LogP contribution < -0.4 is 15.2 Å². The molecule has 1 aliphatic carbocycles. The molecule has 0 saturated heterocycles. The SMILES string of the molecule is CC1=C(C(N)=O)c2c(C(F)(F)F)nc3c(c2C1)OCO3.Cc1ccc(O)c(C)c1C. The van der Waals surface area contributed by atoms with Crippen molar-refractivity contribution in [2.45, 2.75) is 40.3 Å². The molecule has 0 atom stereocenters. The predicted octanol–water partition coefficient (Wildman–Crippen LogP) is 3.96. The predicted molar refractivity (Wildman–Crippen MR) is 103 cm³/mol. The third-order valence-corrected chi connectivity index (χ3v) is 5.28. The molecule has 0 radical (unpaired) electrons. The first-order chi connectivity index (χ1) is 13.9. The third-order valence-electron chi connectivity index (χ3n) is 5.28. The topological polar surface area (TPSA) is 94.7 Å². The molecule has 1 aromatic carbocycles. The summed E-state index contributed by atoms with van der Waals surface area (Å²) >= 11 is 0. The van der Waals surface area contributed by atoms with Gasteiger partial charge in [-0.15, -0.1) is 0 Å². The van der Waals surface area contributed by atoms with Crippen LogP contribution in [0, 0.1) is 20.8 Å². The first-order valence-electron chi connectivity index (χ1n) is 9.08. The number of nitrogens with zero attached hydrogens (tertiary/aromatic N) is 1. The zero-order chi connectivity index (χ0) is 22.4. The van der Waals surface area contributed by atoms with Gasteiger partial charge in [0.25, 0.3) is 5.88 Å². The van der Waals surface area contributed by atoms with E-state index in [1.165, 1.54) is 11.1 Å². The van der Waals surface area contributed by atoms with E-state index in [4.69, 9.17) is 15.2 Å². The Morgan fingerprint density at radius 1 is 1.13 bits per heavy atom. The summed E-state index contributed by atoms with van der Waals surface area (Å²) in [6, 6.07) is 3.66. The van der Waals surface area contributed by atoms with Gasteiger partial charge in [0.2, 0.25) is 12.7 Å². The average molecular weight is 422 g/mol. The number of amides is 1. The molecule has 0 fully saturated rings. The molecule has 1 aliphatic heterocycles. The third kappa shape index (κ3) is 3.67. The van der Waals surface area contributed by atoms with Crippen LogP contribution >= 0.6 is 0 Å². The van der Waals surface area contributed by atoms with Gasteiger partial charge in [0.1, 0.15) is 5.75 Å². The van der Waals surface area contributed by atoms with E-state index in [1.807, 2.05) is 26.8 Å². The minimum Gasteiger partial charge on any atom is -0.508 e. The number of carbonyl (C=O) groups excluding carboxylic acids is 1. The number of primary amides is 1. The number of halogens is 3. The summed E-state index contributed by atoms with van der Waals surface area (Å²) in [5, 5.41) is 9.22. The van der Waals surface area contributed by atoms with Crippen molar-refractivity contribution in [1.29, 1.82) is 0 Å². The highest BCUT2D eigenvalue weighted by molar-refractivity contribution is 6.21. The lowest BCUT2D eigenvalue weighted by Crippen LogP contribution is -2.18. The van der Waals surface area contributed by atoms with Crippen LogP contribution in [0.4, 0.5) is 13.2 Å². The van der Waals surface area contributed by atoms with E-state index in [9.17, 15) is 23.1 Å². The molecule has 0 saturated carbocycles. The monoisotopic (exact) mass is 422 g/mol. The highest BCUT2D eigenvalue weighted by atomic mass is 19.4. The Morgan fingerprint density at radius 3 is 2.37 bits per heavy atom. The maximum atomic E-state index is 13.1. The lowest BCUT2D eigenvalue weighted by atomic mass is 10.0. The summed E-state index contributed by atoms with van der Waals surface area (Å²) in [5.74, 6) is -0.561. The molecular weight excluding hydrogens is 401 g/mol. The van der Waals surface area contributed by atoms with Gasteiger partial charge in [0.05, 0.1) is 0 Å². The van der Waals surface area contributed by atoms with Gasteiger partial charge in [-0.1, -0.05) is 11.6 Å². The Hall–Kier alpha value is -3.23. The molecule has 2 aliphatic rings. The van der Waals surface area contributed by atoms with Crippen molar-refractivity contribution in [2.75, 3.05) is 6.79 Å². The summed E-state index contributed by atoms with van der Waals surface area (Å²) in [6.45, 7) is 7.35. The van der Waals surface area contributed by atoms with Crippen LogP contribution in [0.5, 0.6) is 17.4 Å². The zero-order valence-electron chi connectivity index (χ0n) is 16.9. The second-order valence-electron chi connectivity index (χ2n) is 7.20. The number of alkyl halides is 3. The van der Waals surface area contributed by atoms with Crippen molar-refractivity contribution >= 4 is 11.5 Å². The van der Waals surface area contributed by atoms with Gasteiger partial charge in [-0.3, -0.25) is 4.79 Å². The fourth-order valence-electron chi connectivity index (χ4n) is 3.47. The number of aromatic hydroxyl groups is 1. The number of allylic oxidation sites excluding steroid dienone is 1. The first kappa shape index (κ1) is 21.5. The number of hydrogen-bond acceptors (Lipinski definition) is 5. The van der Waals surface area contributed by atoms with Crippen LogP contribution in [0.1, 0.15) is 40.4 Å². The molecule has 4 rings (SSSR count). The van der Waals surface area contributed by atoms with E-state index in [0.717, 1.165) is 5.56 Å². The number of pyridine rings is 1. The Balaban J connectivity index is 0.000000216. The Kier molecular flexibility index (Phi) is 5.40. The summed E-state index contributed by atoms with van der Waals surface area (Å²) in [4.78, 5) is 14.9. The largest absolute Gasteiger partial charge is 0.508 e. The van der Waals surface area contributed by atoms with Gasteiger partial charge < -0.3 is 20.3 Å². The summed E-state index contributed by atoms with van der Waals surface area (Å²) in [5.41, 5.74) is 7.72. The Morgan fingerprint density at radius 2 is 1.80 bits per heavy atom. The number of phenols is 1. The highest BCUT2D eigenvalue weighted by Gasteiger charge is 2.44. The van der Waals surface area contributed by atoms with E-state index in [0.29, 0.717) is 11.3 Å². The molecule has 1 aromatic heterocycles. The van der Waals surface area contributed by atoms with E-state index in [1.54, 1.807) is 13.0 Å². The number of phenolic OH excluding ortho intramolecular Hbond substituents is 1. The van der Waals surface area contributed by atoms with Crippen LogP contribution in [0.2, 0.25) is 0 Å². The first-order valence-corrected chi connectivity index (χ1v) is 9.08. The van der Waals surface area contributed by atoms with Crippen LogP contribution in [0.15, 0.2) is 17.7 Å². The fourth-order valence-corrected chi connectivity index (χ4v) is 3.47. The average Bonchev–Trinajstić information content (AvgIpc) is 3.25. The summed E-state index contributed by atoms with van der Waals surface area (Å²) in [7, 11) is 0. The van der Waals surface area contributed by atoms with Gasteiger partial charge in [0, 0.05) is 16.7 Å². The quantitative estimate of drug-likeness (QED) is 0.726. The number of aryl methyl sites for hydroxylation is 1. The number of ether oxygens (including phenoxy) is 2. The van der Waals surface area contributed by atoms with Crippen LogP contribution in [-0.2, 0) is 17.4 Å². The molecule has 6 nitrogen and oxygen atoms in total. The van der Waals surface area contributed by atoms with Crippen LogP contribution in [-0.4, -0.2) is 22.8 Å². The van der Waals surface area contributed by atoms with Gasteiger partial charge >= 0.3 is 6.18 Å². The van der Waals surface area contributed by atoms with Crippen molar-refractivity contribution in [3.05, 3.63) is 51.2 Å². The number of fused-ring (bicyclic) bond motifs is 3. The standard InChI is InChI=1S/C12H9F3N2O3.C9H12O/c1-4-2-5-7(6(4)10(16)18)9(12(13,14)15)17-11-8(5)19-3-20-11;1-6-4-5-9(10)8(3)7(6)2/h2-3H2,1H3,(H2,16,18);4-5,10H,1-3H3. The number of carbonyl (C=O) groups is 1. The summed E-state index contributed by atoms with van der Waals surface area (Å²) in [6.07, 6.45) is -4.55. The Bertz CT molecular complexity index is 1050. The minimum atomic E-state index is -4.71. The van der Waals surface area contributed by atoms with Gasteiger partial charge in [-0.25, -0.2) is 4.98 Å². The van der Waals surface area contributed by atoms with Crippen LogP contribution in [0.25, 0.3) is 5.57 Å². The molecule has 1 amide bonds. The number of hydrogen-bond donors (Lipinski definition) is 2. The second kappa shape index (κ2) is 7.55. The molecule has 0 bridgehead atoms. The van der Waals surface area contributed by atoms with Gasteiger partial charge in [0.15, 0.2) is 11.4 Å².